The number of rotatable bonds is 3. The van der Waals surface area contributed by atoms with Crippen LogP contribution in [-0.4, -0.2) is 0 Å². The number of halogens is 3. The molecule has 18 heavy (non-hydrogen) atoms. The van der Waals surface area contributed by atoms with Crippen molar-refractivity contribution in [2.45, 2.75) is 12.8 Å². The Morgan fingerprint density at radius 2 is 1.89 bits per heavy atom. The van der Waals surface area contributed by atoms with Crippen LogP contribution in [0.2, 0.25) is 5.02 Å². The first-order valence-electron chi connectivity index (χ1n) is 5.38. The topological polar surface area (TPSA) is 9.23 Å². The van der Waals surface area contributed by atoms with Crippen molar-refractivity contribution in [3.63, 3.8) is 0 Å². The van der Waals surface area contributed by atoms with E-state index >= 15 is 0 Å². The summed E-state index contributed by atoms with van der Waals surface area (Å²) in [6.45, 7) is 1.85. The zero-order valence-electron chi connectivity index (χ0n) is 9.71. The molecule has 0 bridgehead atoms. The number of alkyl halides is 1. The van der Waals surface area contributed by atoms with Gasteiger partial charge in [0.15, 0.2) is 0 Å². The second-order valence-corrected chi connectivity index (χ2v) is 4.60. The third-order valence-electron chi connectivity index (χ3n) is 2.54. The Kier molecular flexibility index (Phi) is 4.10. The van der Waals surface area contributed by atoms with Gasteiger partial charge in [-0.1, -0.05) is 23.7 Å². The van der Waals surface area contributed by atoms with Crippen LogP contribution in [0.3, 0.4) is 0 Å². The standard InChI is InChI=1S/C14H11Cl2FO/c1-9-2-5-12(17)7-13(9)18-14-6-11(16)4-3-10(14)8-15/h2-7H,8H2,1H3. The van der Waals surface area contributed by atoms with Crippen molar-refractivity contribution < 1.29 is 9.13 Å². The molecule has 0 aliphatic heterocycles. The summed E-state index contributed by atoms with van der Waals surface area (Å²) >= 11 is 11.7. The lowest BCUT2D eigenvalue weighted by molar-refractivity contribution is 0.469. The van der Waals surface area contributed by atoms with E-state index in [2.05, 4.69) is 0 Å². The highest BCUT2D eigenvalue weighted by atomic mass is 35.5. The third kappa shape index (κ3) is 2.95. The van der Waals surface area contributed by atoms with Gasteiger partial charge in [0, 0.05) is 16.7 Å². The molecule has 1 nitrogen and oxygen atoms in total. The van der Waals surface area contributed by atoms with E-state index in [9.17, 15) is 4.39 Å². The molecule has 0 saturated heterocycles. The zero-order chi connectivity index (χ0) is 13.1. The molecule has 0 atom stereocenters. The van der Waals surface area contributed by atoms with Gasteiger partial charge in [0.05, 0.1) is 5.88 Å². The van der Waals surface area contributed by atoms with Gasteiger partial charge >= 0.3 is 0 Å². The SMILES string of the molecule is Cc1ccc(F)cc1Oc1cc(Cl)ccc1CCl. The van der Waals surface area contributed by atoms with Crippen LogP contribution in [0.25, 0.3) is 0 Å². The fourth-order valence-electron chi connectivity index (χ4n) is 1.54. The van der Waals surface area contributed by atoms with Crippen molar-refractivity contribution in [3.05, 3.63) is 58.4 Å². The lowest BCUT2D eigenvalue weighted by Crippen LogP contribution is -1.92. The minimum Gasteiger partial charge on any atom is -0.457 e. The zero-order valence-corrected chi connectivity index (χ0v) is 11.2. The van der Waals surface area contributed by atoms with Crippen molar-refractivity contribution in [3.8, 4) is 11.5 Å². The van der Waals surface area contributed by atoms with Gasteiger partial charge in [0.2, 0.25) is 0 Å². The predicted molar refractivity (Wildman–Crippen MR) is 72.2 cm³/mol. The van der Waals surface area contributed by atoms with Gasteiger partial charge in [-0.2, -0.15) is 0 Å². The number of ether oxygens (including phenoxy) is 1. The highest BCUT2D eigenvalue weighted by molar-refractivity contribution is 6.30. The second-order valence-electron chi connectivity index (χ2n) is 3.90. The van der Waals surface area contributed by atoms with Crippen molar-refractivity contribution in [2.75, 3.05) is 0 Å². The molecule has 2 aromatic rings. The van der Waals surface area contributed by atoms with E-state index in [4.69, 9.17) is 27.9 Å². The Morgan fingerprint density at radius 3 is 2.61 bits per heavy atom. The van der Waals surface area contributed by atoms with Crippen LogP contribution in [0.15, 0.2) is 36.4 Å². The summed E-state index contributed by atoms with van der Waals surface area (Å²) in [5, 5.41) is 0.549. The summed E-state index contributed by atoms with van der Waals surface area (Å²) < 4.78 is 18.9. The number of hydrogen-bond acceptors (Lipinski definition) is 1. The molecule has 0 aromatic heterocycles. The summed E-state index contributed by atoms with van der Waals surface area (Å²) in [6.07, 6.45) is 0. The van der Waals surface area contributed by atoms with E-state index in [1.807, 2.05) is 6.92 Å². The van der Waals surface area contributed by atoms with Crippen molar-refractivity contribution in [2.24, 2.45) is 0 Å². The molecule has 2 rings (SSSR count). The molecule has 94 valence electrons. The maximum atomic E-state index is 13.2. The maximum Gasteiger partial charge on any atom is 0.133 e. The van der Waals surface area contributed by atoms with Crippen LogP contribution in [0.1, 0.15) is 11.1 Å². The summed E-state index contributed by atoms with van der Waals surface area (Å²) in [6, 6.07) is 9.60. The Hall–Kier alpha value is -1.25. The molecule has 2 aromatic carbocycles. The fraction of sp³-hybridized carbons (Fsp3) is 0.143. The molecule has 0 spiro atoms. The van der Waals surface area contributed by atoms with Crippen LogP contribution in [0, 0.1) is 12.7 Å². The first kappa shape index (κ1) is 13.2. The van der Waals surface area contributed by atoms with Gasteiger partial charge in [-0.05, 0) is 30.7 Å². The number of hydrogen-bond donors (Lipinski definition) is 0. The average Bonchev–Trinajstić information content (AvgIpc) is 2.34. The number of aryl methyl sites for hydroxylation is 1. The quantitative estimate of drug-likeness (QED) is 0.693. The van der Waals surface area contributed by atoms with Gasteiger partial charge < -0.3 is 4.74 Å². The monoisotopic (exact) mass is 284 g/mol. The molecule has 0 N–H and O–H groups in total. The molecule has 4 heteroatoms. The van der Waals surface area contributed by atoms with Crippen LogP contribution < -0.4 is 4.74 Å². The molecular formula is C14H11Cl2FO. The van der Waals surface area contributed by atoms with Crippen LogP contribution in [-0.2, 0) is 5.88 Å². The summed E-state index contributed by atoms with van der Waals surface area (Å²) in [5.74, 6) is 0.973. The van der Waals surface area contributed by atoms with Gasteiger partial charge in [-0.25, -0.2) is 4.39 Å². The maximum absolute atomic E-state index is 13.2. The summed E-state index contributed by atoms with van der Waals surface area (Å²) in [7, 11) is 0. The van der Waals surface area contributed by atoms with Crippen LogP contribution in [0.4, 0.5) is 4.39 Å². The van der Waals surface area contributed by atoms with Gasteiger partial charge in [-0.15, -0.1) is 11.6 Å². The first-order valence-corrected chi connectivity index (χ1v) is 6.30. The molecule has 0 aliphatic carbocycles. The van der Waals surface area contributed by atoms with Crippen LogP contribution >= 0.6 is 23.2 Å². The molecule has 0 fully saturated rings. The van der Waals surface area contributed by atoms with Gasteiger partial charge in [0.25, 0.3) is 0 Å². The molecule has 0 amide bonds. The average molecular weight is 285 g/mol. The smallest absolute Gasteiger partial charge is 0.133 e. The van der Waals surface area contributed by atoms with Crippen molar-refractivity contribution in [1.82, 2.24) is 0 Å². The summed E-state index contributed by atoms with van der Waals surface area (Å²) in [5.41, 5.74) is 1.65. The molecular weight excluding hydrogens is 274 g/mol. The normalized spacial score (nSPS) is 10.4. The fourth-order valence-corrected chi connectivity index (χ4v) is 1.92. The third-order valence-corrected chi connectivity index (χ3v) is 3.07. The Labute approximate surface area is 115 Å². The van der Waals surface area contributed by atoms with Gasteiger partial charge in [-0.3, -0.25) is 0 Å². The van der Waals surface area contributed by atoms with E-state index in [-0.39, 0.29) is 5.82 Å². The highest BCUT2D eigenvalue weighted by Gasteiger charge is 2.08. The Bertz CT molecular complexity index is 570. The summed E-state index contributed by atoms with van der Waals surface area (Å²) in [4.78, 5) is 0. The minimum atomic E-state index is -0.343. The van der Waals surface area contributed by atoms with E-state index in [1.54, 1.807) is 24.3 Å². The predicted octanol–water partition coefficient (Wildman–Crippen LogP) is 5.32. The largest absolute Gasteiger partial charge is 0.457 e. The Morgan fingerprint density at radius 1 is 1.11 bits per heavy atom. The van der Waals surface area contributed by atoms with Crippen LogP contribution in [0.5, 0.6) is 11.5 Å². The molecule has 0 heterocycles. The molecule has 0 unspecified atom stereocenters. The van der Waals surface area contributed by atoms with Crippen molar-refractivity contribution >= 4 is 23.2 Å². The minimum absolute atomic E-state index is 0.306. The molecule has 0 aliphatic rings. The Balaban J connectivity index is 2.38. The number of benzene rings is 2. The van der Waals surface area contributed by atoms with Crippen molar-refractivity contribution in [1.29, 1.82) is 0 Å². The van der Waals surface area contributed by atoms with E-state index < -0.39 is 0 Å². The first-order chi connectivity index (χ1) is 8.60. The second kappa shape index (κ2) is 5.59. The van der Waals surface area contributed by atoms with E-state index in [0.29, 0.717) is 22.4 Å². The highest BCUT2D eigenvalue weighted by Crippen LogP contribution is 2.31. The van der Waals surface area contributed by atoms with E-state index in [0.717, 1.165) is 11.1 Å². The van der Waals surface area contributed by atoms with Gasteiger partial charge in [0.1, 0.15) is 17.3 Å². The lowest BCUT2D eigenvalue weighted by atomic mass is 10.2. The lowest BCUT2D eigenvalue weighted by Gasteiger charge is -2.12. The van der Waals surface area contributed by atoms with E-state index in [1.165, 1.54) is 12.1 Å². The molecule has 0 saturated carbocycles. The molecule has 0 radical (unpaired) electrons.